The summed E-state index contributed by atoms with van der Waals surface area (Å²) < 4.78 is 27.3. The number of halogens is 1. The van der Waals surface area contributed by atoms with Crippen LogP contribution < -0.4 is 9.88 Å². The van der Waals surface area contributed by atoms with Gasteiger partial charge in [-0.15, -0.1) is 0 Å². The van der Waals surface area contributed by atoms with Crippen molar-refractivity contribution in [3.05, 3.63) is 23.2 Å². The molecule has 0 saturated carbocycles. The second-order valence-corrected chi connectivity index (χ2v) is 4.48. The molecule has 0 spiro atoms. The van der Waals surface area contributed by atoms with Crippen LogP contribution in [-0.4, -0.2) is 15.0 Å². The fourth-order valence-electron chi connectivity index (χ4n) is 0.998. The lowest BCUT2D eigenvalue weighted by atomic mass is 10.3. The van der Waals surface area contributed by atoms with Gasteiger partial charge in [-0.1, -0.05) is 17.7 Å². The normalized spacial score (nSPS) is 11.4. The van der Waals surface area contributed by atoms with Crippen LogP contribution in [0.15, 0.2) is 23.1 Å². The highest BCUT2D eigenvalue weighted by Crippen LogP contribution is 2.30. The zero-order chi connectivity index (χ0) is 10.8. The van der Waals surface area contributed by atoms with Gasteiger partial charge in [-0.05, 0) is 19.1 Å². The van der Waals surface area contributed by atoms with E-state index in [-0.39, 0.29) is 15.7 Å². The van der Waals surface area contributed by atoms with Gasteiger partial charge in [-0.25, -0.2) is 13.6 Å². The molecule has 0 aliphatic heterocycles. The number of nitrogens with two attached hydrogens (primary N) is 1. The summed E-state index contributed by atoms with van der Waals surface area (Å²) in [5.41, 5.74) is 0. The van der Waals surface area contributed by atoms with E-state index in [0.29, 0.717) is 6.61 Å². The summed E-state index contributed by atoms with van der Waals surface area (Å²) in [4.78, 5) is -0.0909. The lowest BCUT2D eigenvalue weighted by Crippen LogP contribution is -2.14. The van der Waals surface area contributed by atoms with Crippen molar-refractivity contribution in [2.24, 2.45) is 5.14 Å². The van der Waals surface area contributed by atoms with Gasteiger partial charge in [0.2, 0.25) is 10.0 Å². The Kier molecular flexibility index (Phi) is 3.36. The summed E-state index contributed by atoms with van der Waals surface area (Å²) in [7, 11) is -3.79. The fraction of sp³-hybridized carbons (Fsp3) is 0.250. The average Bonchev–Trinajstić information content (AvgIpc) is 2.07. The number of rotatable bonds is 3. The Morgan fingerprint density at radius 1 is 1.50 bits per heavy atom. The second-order valence-electron chi connectivity index (χ2n) is 2.55. The zero-order valence-electron chi connectivity index (χ0n) is 7.53. The molecular formula is C8H10ClNO3S. The van der Waals surface area contributed by atoms with Crippen LogP contribution in [0.4, 0.5) is 0 Å². The van der Waals surface area contributed by atoms with Gasteiger partial charge in [-0.2, -0.15) is 0 Å². The average molecular weight is 236 g/mol. The Morgan fingerprint density at radius 2 is 2.14 bits per heavy atom. The molecule has 4 nitrogen and oxygen atoms in total. The van der Waals surface area contributed by atoms with Crippen LogP contribution in [-0.2, 0) is 10.0 Å². The Morgan fingerprint density at radius 3 is 2.64 bits per heavy atom. The summed E-state index contributed by atoms with van der Waals surface area (Å²) in [6, 6.07) is 4.40. The summed E-state index contributed by atoms with van der Waals surface area (Å²) >= 11 is 5.77. The smallest absolute Gasteiger partial charge is 0.241 e. The van der Waals surface area contributed by atoms with Crippen LogP contribution >= 0.6 is 11.6 Å². The monoisotopic (exact) mass is 235 g/mol. The molecule has 0 amide bonds. The molecule has 1 rings (SSSR count). The van der Waals surface area contributed by atoms with Gasteiger partial charge in [0.05, 0.1) is 11.6 Å². The van der Waals surface area contributed by atoms with Crippen LogP contribution in [0.3, 0.4) is 0 Å². The fourth-order valence-corrected chi connectivity index (χ4v) is 1.98. The van der Waals surface area contributed by atoms with Crippen molar-refractivity contribution in [2.75, 3.05) is 6.61 Å². The highest BCUT2D eigenvalue weighted by molar-refractivity contribution is 7.89. The molecule has 0 bridgehead atoms. The summed E-state index contributed by atoms with van der Waals surface area (Å²) in [5, 5.41) is 5.22. The second kappa shape index (κ2) is 4.16. The number of hydrogen-bond donors (Lipinski definition) is 1. The molecule has 0 heterocycles. The molecule has 6 heteroatoms. The third-order valence-corrected chi connectivity index (χ3v) is 2.76. The molecule has 0 radical (unpaired) electrons. The third-order valence-electron chi connectivity index (χ3n) is 1.53. The van der Waals surface area contributed by atoms with Crippen molar-refractivity contribution in [2.45, 2.75) is 11.8 Å². The van der Waals surface area contributed by atoms with Crippen molar-refractivity contribution in [1.29, 1.82) is 0 Å². The predicted octanol–water partition coefficient (Wildman–Crippen LogP) is 1.39. The quantitative estimate of drug-likeness (QED) is 0.861. The minimum Gasteiger partial charge on any atom is -0.491 e. The zero-order valence-corrected chi connectivity index (χ0v) is 9.10. The first kappa shape index (κ1) is 11.3. The van der Waals surface area contributed by atoms with Crippen LogP contribution in [0, 0.1) is 0 Å². The lowest BCUT2D eigenvalue weighted by Gasteiger charge is -2.09. The Labute approximate surface area is 87.7 Å². The Hall–Kier alpha value is -0.780. The SMILES string of the molecule is CCOc1c(Cl)cccc1S(N)(=O)=O. The molecule has 14 heavy (non-hydrogen) atoms. The molecule has 0 aromatic heterocycles. The number of primary sulfonamides is 1. The first-order valence-corrected chi connectivity index (χ1v) is 5.83. The van der Waals surface area contributed by atoms with E-state index < -0.39 is 10.0 Å². The van der Waals surface area contributed by atoms with Gasteiger partial charge in [0.15, 0.2) is 5.75 Å². The molecule has 0 aliphatic carbocycles. The summed E-state index contributed by atoms with van der Waals surface area (Å²) in [6.45, 7) is 2.06. The third kappa shape index (κ3) is 2.37. The highest BCUT2D eigenvalue weighted by Gasteiger charge is 2.17. The van der Waals surface area contributed by atoms with Crippen LogP contribution in [0.2, 0.25) is 5.02 Å². The van der Waals surface area contributed by atoms with Crippen molar-refractivity contribution < 1.29 is 13.2 Å². The van der Waals surface area contributed by atoms with Gasteiger partial charge in [0, 0.05) is 0 Å². The maximum absolute atomic E-state index is 11.1. The standard InChI is InChI=1S/C8H10ClNO3S/c1-2-13-8-6(9)4-3-5-7(8)14(10,11)12/h3-5H,2H2,1H3,(H2,10,11,12). The number of para-hydroxylation sites is 1. The predicted molar refractivity (Wildman–Crippen MR) is 54.0 cm³/mol. The van der Waals surface area contributed by atoms with Crippen LogP contribution in [0.1, 0.15) is 6.92 Å². The van der Waals surface area contributed by atoms with E-state index >= 15 is 0 Å². The Balaban J connectivity index is 3.36. The minimum atomic E-state index is -3.79. The van der Waals surface area contributed by atoms with Crippen molar-refractivity contribution in [1.82, 2.24) is 0 Å². The molecule has 2 N–H and O–H groups in total. The summed E-state index contributed by atoms with van der Waals surface area (Å²) in [5.74, 6) is 0.110. The largest absolute Gasteiger partial charge is 0.491 e. The van der Waals surface area contributed by atoms with E-state index in [9.17, 15) is 8.42 Å². The van der Waals surface area contributed by atoms with E-state index in [4.69, 9.17) is 21.5 Å². The van der Waals surface area contributed by atoms with E-state index in [1.807, 2.05) is 0 Å². The van der Waals surface area contributed by atoms with E-state index in [0.717, 1.165) is 0 Å². The molecule has 0 saturated heterocycles. The van der Waals surface area contributed by atoms with E-state index in [1.54, 1.807) is 13.0 Å². The highest BCUT2D eigenvalue weighted by atomic mass is 35.5. The summed E-state index contributed by atoms with van der Waals surface area (Å²) in [6.07, 6.45) is 0. The van der Waals surface area contributed by atoms with Crippen molar-refractivity contribution in [3.8, 4) is 5.75 Å². The van der Waals surface area contributed by atoms with Gasteiger partial charge < -0.3 is 4.74 Å². The lowest BCUT2D eigenvalue weighted by molar-refractivity contribution is 0.331. The Bertz CT molecular complexity index is 430. The van der Waals surface area contributed by atoms with E-state index in [2.05, 4.69) is 0 Å². The maximum Gasteiger partial charge on any atom is 0.241 e. The van der Waals surface area contributed by atoms with Crippen LogP contribution in [0.25, 0.3) is 0 Å². The number of benzene rings is 1. The molecule has 1 aromatic carbocycles. The number of ether oxygens (including phenoxy) is 1. The molecule has 0 aliphatic rings. The first-order valence-electron chi connectivity index (χ1n) is 3.91. The minimum absolute atomic E-state index is 0.0909. The maximum atomic E-state index is 11.1. The topological polar surface area (TPSA) is 69.4 Å². The van der Waals surface area contributed by atoms with Gasteiger partial charge in [0.1, 0.15) is 4.90 Å². The molecule has 78 valence electrons. The van der Waals surface area contributed by atoms with Gasteiger partial charge in [-0.3, -0.25) is 0 Å². The van der Waals surface area contributed by atoms with Crippen molar-refractivity contribution in [3.63, 3.8) is 0 Å². The van der Waals surface area contributed by atoms with Gasteiger partial charge in [0.25, 0.3) is 0 Å². The van der Waals surface area contributed by atoms with E-state index in [1.165, 1.54) is 12.1 Å². The molecule has 0 atom stereocenters. The van der Waals surface area contributed by atoms with Crippen molar-refractivity contribution >= 4 is 21.6 Å². The molecule has 0 unspecified atom stereocenters. The van der Waals surface area contributed by atoms with Gasteiger partial charge >= 0.3 is 0 Å². The first-order chi connectivity index (χ1) is 6.46. The van der Waals surface area contributed by atoms with Crippen LogP contribution in [0.5, 0.6) is 5.75 Å². The molecular weight excluding hydrogens is 226 g/mol. The molecule has 0 fully saturated rings. The molecule has 1 aromatic rings. The number of hydrogen-bond acceptors (Lipinski definition) is 3. The number of sulfonamides is 1.